The molecule has 1 N–H and O–H groups in total. The van der Waals surface area contributed by atoms with Gasteiger partial charge in [-0.25, -0.2) is 4.98 Å². The molecule has 1 amide bonds. The molecule has 0 atom stereocenters. The first-order valence-electron chi connectivity index (χ1n) is 6.59. The Morgan fingerprint density at radius 2 is 2.05 bits per heavy atom. The summed E-state index contributed by atoms with van der Waals surface area (Å²) in [6.45, 7) is 1.11. The summed E-state index contributed by atoms with van der Waals surface area (Å²) in [5.74, 6) is 0.676. The van der Waals surface area contributed by atoms with E-state index in [0.717, 1.165) is 16.2 Å². The van der Waals surface area contributed by atoms with Crippen LogP contribution in [0.25, 0.3) is 11.0 Å². The Morgan fingerprint density at radius 3 is 2.80 bits per heavy atom. The van der Waals surface area contributed by atoms with Gasteiger partial charge < -0.3 is 9.88 Å². The van der Waals surface area contributed by atoms with Gasteiger partial charge in [0.1, 0.15) is 5.78 Å². The van der Waals surface area contributed by atoms with Crippen molar-refractivity contribution in [2.75, 3.05) is 18.8 Å². The molecule has 1 aliphatic heterocycles. The SMILES string of the molecule is O=C1CCN(C(=O)CSc2nc3ccccc3[nH]2)CC1. The monoisotopic (exact) mass is 289 g/mol. The number of piperidine rings is 1. The number of imidazole rings is 1. The molecule has 1 saturated heterocycles. The molecule has 0 radical (unpaired) electrons. The van der Waals surface area contributed by atoms with Gasteiger partial charge in [-0.1, -0.05) is 23.9 Å². The molecular formula is C14H15N3O2S. The van der Waals surface area contributed by atoms with Crippen LogP contribution in [0.1, 0.15) is 12.8 Å². The van der Waals surface area contributed by atoms with Gasteiger partial charge in [-0.3, -0.25) is 9.59 Å². The van der Waals surface area contributed by atoms with E-state index >= 15 is 0 Å². The minimum Gasteiger partial charge on any atom is -0.341 e. The van der Waals surface area contributed by atoms with Gasteiger partial charge in [-0.05, 0) is 12.1 Å². The zero-order valence-electron chi connectivity index (χ0n) is 11.0. The number of carbonyl (C=O) groups is 2. The third-order valence-electron chi connectivity index (χ3n) is 3.37. The summed E-state index contributed by atoms with van der Waals surface area (Å²) in [7, 11) is 0. The van der Waals surface area contributed by atoms with Gasteiger partial charge in [0.15, 0.2) is 5.16 Å². The number of benzene rings is 1. The smallest absolute Gasteiger partial charge is 0.233 e. The van der Waals surface area contributed by atoms with Crippen LogP contribution in [0, 0.1) is 0 Å². The second-order valence-electron chi connectivity index (χ2n) is 4.77. The van der Waals surface area contributed by atoms with Gasteiger partial charge >= 0.3 is 0 Å². The first-order valence-corrected chi connectivity index (χ1v) is 7.58. The number of ketones is 1. The highest BCUT2D eigenvalue weighted by Gasteiger charge is 2.20. The van der Waals surface area contributed by atoms with Crippen LogP contribution in [-0.4, -0.2) is 45.4 Å². The zero-order chi connectivity index (χ0) is 13.9. The third kappa shape index (κ3) is 2.85. The van der Waals surface area contributed by atoms with Gasteiger partial charge in [-0.2, -0.15) is 0 Å². The third-order valence-corrected chi connectivity index (χ3v) is 4.23. The Kier molecular flexibility index (Phi) is 3.73. The number of likely N-dealkylation sites (tertiary alicyclic amines) is 1. The molecule has 0 aliphatic carbocycles. The molecule has 20 heavy (non-hydrogen) atoms. The molecule has 0 saturated carbocycles. The van der Waals surface area contributed by atoms with E-state index in [2.05, 4.69) is 9.97 Å². The fourth-order valence-electron chi connectivity index (χ4n) is 2.22. The maximum absolute atomic E-state index is 12.0. The standard InChI is InChI=1S/C14H15N3O2S/c18-10-5-7-17(8-6-10)13(19)9-20-14-15-11-3-1-2-4-12(11)16-14/h1-4H,5-9H2,(H,15,16). The van der Waals surface area contributed by atoms with Crippen LogP contribution >= 0.6 is 11.8 Å². The van der Waals surface area contributed by atoms with Crippen LogP contribution in [0.2, 0.25) is 0 Å². The van der Waals surface area contributed by atoms with Crippen molar-refractivity contribution < 1.29 is 9.59 Å². The minimum atomic E-state index is 0.0722. The topological polar surface area (TPSA) is 66.1 Å². The molecule has 2 aromatic rings. The maximum atomic E-state index is 12.0. The molecule has 0 bridgehead atoms. The van der Waals surface area contributed by atoms with Crippen molar-refractivity contribution >= 4 is 34.5 Å². The number of rotatable bonds is 3. The van der Waals surface area contributed by atoms with Gasteiger partial charge in [0.05, 0.1) is 16.8 Å². The molecule has 5 nitrogen and oxygen atoms in total. The summed E-state index contributed by atoms with van der Waals surface area (Å²) in [5, 5.41) is 0.757. The molecule has 1 fully saturated rings. The number of fused-ring (bicyclic) bond motifs is 1. The van der Waals surface area contributed by atoms with Crippen molar-refractivity contribution in [3.63, 3.8) is 0 Å². The number of aromatic amines is 1. The van der Waals surface area contributed by atoms with E-state index in [4.69, 9.17) is 0 Å². The Labute approximate surface area is 120 Å². The van der Waals surface area contributed by atoms with Crippen LogP contribution in [-0.2, 0) is 9.59 Å². The Bertz CT molecular complexity index is 610. The lowest BCUT2D eigenvalue weighted by Crippen LogP contribution is -2.39. The van der Waals surface area contributed by atoms with Gasteiger partial charge in [0.2, 0.25) is 5.91 Å². The van der Waals surface area contributed by atoms with Gasteiger partial charge in [0, 0.05) is 25.9 Å². The van der Waals surface area contributed by atoms with E-state index in [0.29, 0.717) is 31.7 Å². The summed E-state index contributed by atoms with van der Waals surface area (Å²) in [6, 6.07) is 7.79. The minimum absolute atomic E-state index is 0.0722. The number of amides is 1. The summed E-state index contributed by atoms with van der Waals surface area (Å²) in [6.07, 6.45) is 0.974. The fourth-order valence-corrected chi connectivity index (χ4v) is 3.01. The Balaban J connectivity index is 1.58. The Hall–Kier alpha value is -1.82. The van der Waals surface area contributed by atoms with E-state index in [1.54, 1.807) is 4.90 Å². The summed E-state index contributed by atoms with van der Waals surface area (Å²) in [5.41, 5.74) is 1.89. The van der Waals surface area contributed by atoms with Crippen molar-refractivity contribution in [3.05, 3.63) is 24.3 Å². The first kappa shape index (κ1) is 13.2. The summed E-state index contributed by atoms with van der Waals surface area (Å²) in [4.78, 5) is 32.6. The van der Waals surface area contributed by atoms with Crippen molar-refractivity contribution in [2.24, 2.45) is 0 Å². The lowest BCUT2D eigenvalue weighted by molar-refractivity contribution is -0.132. The predicted molar refractivity (Wildman–Crippen MR) is 77.6 cm³/mol. The highest BCUT2D eigenvalue weighted by atomic mass is 32.2. The number of carbonyl (C=O) groups excluding carboxylic acids is 2. The number of hydrogen-bond donors (Lipinski definition) is 1. The Morgan fingerprint density at radius 1 is 1.30 bits per heavy atom. The molecule has 0 spiro atoms. The van der Waals surface area contributed by atoms with E-state index in [1.165, 1.54) is 11.8 Å². The highest BCUT2D eigenvalue weighted by molar-refractivity contribution is 7.99. The molecular weight excluding hydrogens is 274 g/mol. The van der Waals surface area contributed by atoms with Crippen LogP contribution in [0.5, 0.6) is 0 Å². The van der Waals surface area contributed by atoms with Crippen LogP contribution in [0.3, 0.4) is 0 Å². The number of Topliss-reactive ketones (excluding diaryl/α,β-unsaturated/α-hetero) is 1. The van der Waals surface area contributed by atoms with Crippen LogP contribution in [0.15, 0.2) is 29.4 Å². The lowest BCUT2D eigenvalue weighted by atomic mass is 10.1. The number of hydrogen-bond acceptors (Lipinski definition) is 4. The van der Waals surface area contributed by atoms with Gasteiger partial charge in [-0.15, -0.1) is 0 Å². The quantitative estimate of drug-likeness (QED) is 0.876. The van der Waals surface area contributed by atoms with E-state index in [-0.39, 0.29) is 11.7 Å². The van der Waals surface area contributed by atoms with Gasteiger partial charge in [0.25, 0.3) is 0 Å². The molecule has 2 heterocycles. The second kappa shape index (κ2) is 5.66. The lowest BCUT2D eigenvalue weighted by Gasteiger charge is -2.25. The van der Waals surface area contributed by atoms with Crippen molar-refractivity contribution in [1.29, 1.82) is 0 Å². The van der Waals surface area contributed by atoms with E-state index in [1.807, 2.05) is 24.3 Å². The average Bonchev–Trinajstić information content (AvgIpc) is 2.88. The zero-order valence-corrected chi connectivity index (χ0v) is 11.8. The summed E-state index contributed by atoms with van der Waals surface area (Å²) >= 11 is 1.41. The molecule has 6 heteroatoms. The average molecular weight is 289 g/mol. The summed E-state index contributed by atoms with van der Waals surface area (Å²) < 4.78 is 0. The number of nitrogens with zero attached hydrogens (tertiary/aromatic N) is 2. The number of thioether (sulfide) groups is 1. The molecule has 1 aromatic carbocycles. The molecule has 1 aliphatic rings. The van der Waals surface area contributed by atoms with Crippen LogP contribution in [0.4, 0.5) is 0 Å². The molecule has 104 valence electrons. The largest absolute Gasteiger partial charge is 0.341 e. The van der Waals surface area contributed by atoms with Crippen LogP contribution < -0.4 is 0 Å². The number of para-hydroxylation sites is 2. The van der Waals surface area contributed by atoms with Crippen molar-refractivity contribution in [3.8, 4) is 0 Å². The molecule has 1 aromatic heterocycles. The van der Waals surface area contributed by atoms with Crippen molar-refractivity contribution in [1.82, 2.24) is 14.9 Å². The van der Waals surface area contributed by atoms with E-state index < -0.39 is 0 Å². The maximum Gasteiger partial charge on any atom is 0.233 e. The number of aromatic nitrogens is 2. The molecule has 3 rings (SSSR count). The fraction of sp³-hybridized carbons (Fsp3) is 0.357. The van der Waals surface area contributed by atoms with E-state index in [9.17, 15) is 9.59 Å². The highest BCUT2D eigenvalue weighted by Crippen LogP contribution is 2.20. The first-order chi connectivity index (χ1) is 9.72. The number of H-pyrrole nitrogens is 1. The molecule has 0 unspecified atom stereocenters. The van der Waals surface area contributed by atoms with Crippen molar-refractivity contribution in [2.45, 2.75) is 18.0 Å². The second-order valence-corrected chi connectivity index (χ2v) is 5.73. The number of nitrogens with one attached hydrogen (secondary N) is 1. The predicted octanol–water partition coefficient (Wildman–Crippen LogP) is 1.85. The normalized spacial score (nSPS) is 15.8.